The third-order valence-electron chi connectivity index (χ3n) is 4.63. The molecule has 1 aliphatic carbocycles. The van der Waals surface area contributed by atoms with E-state index in [0.717, 1.165) is 17.7 Å². The van der Waals surface area contributed by atoms with Crippen LogP contribution in [-0.4, -0.2) is 32.0 Å². The minimum atomic E-state index is -0.390. The lowest BCUT2D eigenvalue weighted by molar-refractivity contribution is -0.143. The number of benzene rings is 1. The van der Waals surface area contributed by atoms with Crippen molar-refractivity contribution in [2.24, 2.45) is 11.8 Å². The van der Waals surface area contributed by atoms with E-state index in [1.165, 1.54) is 7.11 Å². The molecule has 0 aromatic heterocycles. The van der Waals surface area contributed by atoms with E-state index in [1.54, 1.807) is 7.11 Å². The number of ether oxygens (including phenoxy) is 2. The molecular formula is C16H19NO4. The number of fused-ring (bicyclic) bond motifs is 1. The predicted molar refractivity (Wildman–Crippen MR) is 75.9 cm³/mol. The molecule has 1 aliphatic heterocycles. The molecule has 2 aliphatic rings. The molecule has 1 aromatic rings. The van der Waals surface area contributed by atoms with Crippen LogP contribution < -0.4 is 10.1 Å². The maximum Gasteiger partial charge on any atom is 0.323 e. The van der Waals surface area contributed by atoms with Crippen molar-refractivity contribution in [1.29, 1.82) is 0 Å². The van der Waals surface area contributed by atoms with Crippen LogP contribution in [0.15, 0.2) is 24.3 Å². The summed E-state index contributed by atoms with van der Waals surface area (Å²) in [5, 5.41) is 3.29. The van der Waals surface area contributed by atoms with Crippen LogP contribution in [-0.2, 0) is 14.3 Å². The topological polar surface area (TPSA) is 64.6 Å². The van der Waals surface area contributed by atoms with Gasteiger partial charge in [-0.3, -0.25) is 14.9 Å². The molecule has 21 heavy (non-hydrogen) atoms. The number of carbonyl (C=O) groups excluding carboxylic acids is 2. The van der Waals surface area contributed by atoms with Gasteiger partial charge in [0.15, 0.2) is 0 Å². The van der Waals surface area contributed by atoms with Crippen LogP contribution in [0.2, 0.25) is 0 Å². The average Bonchev–Trinajstić information content (AvgIpc) is 3.08. The van der Waals surface area contributed by atoms with Crippen LogP contribution >= 0.6 is 0 Å². The number of hydrogen-bond donors (Lipinski definition) is 1. The predicted octanol–water partition coefficient (Wildman–Crippen LogP) is 1.48. The molecule has 1 N–H and O–H groups in total. The van der Waals surface area contributed by atoms with E-state index in [2.05, 4.69) is 5.32 Å². The molecule has 5 heteroatoms. The lowest BCUT2D eigenvalue weighted by atomic mass is 9.87. The SMILES string of the molecule is COC(=O)[C@H]1N[C@@H](c2ccc(OC)cc2)[C@H]2C(=O)CC[C@H]21. The summed E-state index contributed by atoms with van der Waals surface area (Å²) >= 11 is 0. The fraction of sp³-hybridized carbons (Fsp3) is 0.500. The summed E-state index contributed by atoms with van der Waals surface area (Å²) in [7, 11) is 3.00. The van der Waals surface area contributed by atoms with Crippen molar-refractivity contribution in [2.45, 2.75) is 24.9 Å². The van der Waals surface area contributed by atoms with Gasteiger partial charge in [-0.15, -0.1) is 0 Å². The minimum absolute atomic E-state index is 0.0389. The number of Topliss-reactive ketones (excluding diaryl/α,β-unsaturated/α-hetero) is 1. The normalized spacial score (nSPS) is 31.0. The Kier molecular flexibility index (Phi) is 3.68. The summed E-state index contributed by atoms with van der Waals surface area (Å²) < 4.78 is 10.0. The fourth-order valence-corrected chi connectivity index (χ4v) is 3.61. The van der Waals surface area contributed by atoms with Crippen molar-refractivity contribution in [1.82, 2.24) is 5.32 Å². The third-order valence-corrected chi connectivity index (χ3v) is 4.63. The number of hydrogen-bond acceptors (Lipinski definition) is 5. The molecule has 0 spiro atoms. The maximum atomic E-state index is 12.2. The number of rotatable bonds is 3. The Morgan fingerprint density at radius 2 is 1.95 bits per heavy atom. The van der Waals surface area contributed by atoms with Crippen molar-refractivity contribution in [2.75, 3.05) is 14.2 Å². The maximum absolute atomic E-state index is 12.2. The van der Waals surface area contributed by atoms with E-state index in [9.17, 15) is 9.59 Å². The first-order valence-corrected chi connectivity index (χ1v) is 7.16. The standard InChI is InChI=1S/C16H19NO4/c1-20-10-5-3-9(4-6-10)14-13-11(7-8-12(13)18)15(17-14)16(19)21-2/h3-6,11,13-15,17H,7-8H2,1-2H3/t11-,13-,14+,15+/m1/s1. The van der Waals surface area contributed by atoms with Crippen LogP contribution in [0.1, 0.15) is 24.4 Å². The second-order valence-corrected chi connectivity index (χ2v) is 5.61. The van der Waals surface area contributed by atoms with Gasteiger partial charge in [-0.25, -0.2) is 0 Å². The molecule has 0 bridgehead atoms. The average molecular weight is 289 g/mol. The Bertz CT molecular complexity index is 554. The van der Waals surface area contributed by atoms with Gasteiger partial charge < -0.3 is 9.47 Å². The van der Waals surface area contributed by atoms with Crippen LogP contribution in [0.3, 0.4) is 0 Å². The number of nitrogens with one attached hydrogen (secondary N) is 1. The highest BCUT2D eigenvalue weighted by molar-refractivity contribution is 5.88. The van der Waals surface area contributed by atoms with Gasteiger partial charge in [0.1, 0.15) is 17.6 Å². The molecule has 1 saturated carbocycles. The van der Waals surface area contributed by atoms with Crippen molar-refractivity contribution in [3.8, 4) is 5.75 Å². The molecule has 1 aromatic carbocycles. The highest BCUT2D eigenvalue weighted by atomic mass is 16.5. The van der Waals surface area contributed by atoms with E-state index in [1.807, 2.05) is 24.3 Å². The zero-order valence-corrected chi connectivity index (χ0v) is 12.2. The molecule has 2 fully saturated rings. The smallest absolute Gasteiger partial charge is 0.323 e. The number of methoxy groups -OCH3 is 2. The van der Waals surface area contributed by atoms with Gasteiger partial charge >= 0.3 is 5.97 Å². The minimum Gasteiger partial charge on any atom is -0.497 e. The lowest BCUT2D eigenvalue weighted by Gasteiger charge is -2.17. The molecule has 112 valence electrons. The van der Waals surface area contributed by atoms with E-state index in [-0.39, 0.29) is 29.6 Å². The Hall–Kier alpha value is -1.88. The number of esters is 1. The van der Waals surface area contributed by atoms with Gasteiger partial charge in [-0.1, -0.05) is 12.1 Å². The molecule has 4 atom stereocenters. The largest absolute Gasteiger partial charge is 0.497 e. The summed E-state index contributed by atoms with van der Waals surface area (Å²) in [6.45, 7) is 0. The molecule has 1 saturated heterocycles. The van der Waals surface area contributed by atoms with Gasteiger partial charge in [0, 0.05) is 18.4 Å². The van der Waals surface area contributed by atoms with Gasteiger partial charge in [0.25, 0.3) is 0 Å². The number of ketones is 1. The van der Waals surface area contributed by atoms with Crippen molar-refractivity contribution in [3.05, 3.63) is 29.8 Å². The summed E-state index contributed by atoms with van der Waals surface area (Å²) in [6, 6.07) is 7.12. The van der Waals surface area contributed by atoms with Crippen LogP contribution in [0.25, 0.3) is 0 Å². The fourth-order valence-electron chi connectivity index (χ4n) is 3.61. The Balaban J connectivity index is 1.90. The number of carbonyl (C=O) groups is 2. The molecule has 5 nitrogen and oxygen atoms in total. The zero-order valence-electron chi connectivity index (χ0n) is 12.2. The van der Waals surface area contributed by atoms with Crippen molar-refractivity contribution < 1.29 is 19.1 Å². The molecule has 1 heterocycles. The van der Waals surface area contributed by atoms with Crippen LogP contribution in [0, 0.1) is 11.8 Å². The summed E-state index contributed by atoms with van der Waals surface area (Å²) in [4.78, 5) is 24.1. The first-order valence-electron chi connectivity index (χ1n) is 7.16. The van der Waals surface area contributed by atoms with Gasteiger partial charge in [-0.2, -0.15) is 0 Å². The Labute approximate surface area is 123 Å². The quantitative estimate of drug-likeness (QED) is 0.854. The summed E-state index contributed by atoms with van der Waals surface area (Å²) in [6.07, 6.45) is 1.31. The first-order chi connectivity index (χ1) is 10.2. The van der Waals surface area contributed by atoms with E-state index >= 15 is 0 Å². The van der Waals surface area contributed by atoms with E-state index in [0.29, 0.717) is 6.42 Å². The highest BCUT2D eigenvalue weighted by Crippen LogP contribution is 2.45. The zero-order chi connectivity index (χ0) is 15.0. The van der Waals surface area contributed by atoms with Crippen molar-refractivity contribution >= 4 is 11.8 Å². The summed E-state index contributed by atoms with van der Waals surface area (Å²) in [5.41, 5.74) is 1.01. The second-order valence-electron chi connectivity index (χ2n) is 5.61. The van der Waals surface area contributed by atoms with Gasteiger partial charge in [-0.05, 0) is 30.0 Å². The molecule has 0 radical (unpaired) electrons. The molecule has 3 rings (SSSR count). The van der Waals surface area contributed by atoms with Gasteiger partial charge in [0.05, 0.1) is 14.2 Å². The van der Waals surface area contributed by atoms with E-state index in [4.69, 9.17) is 9.47 Å². The second kappa shape index (κ2) is 5.48. The van der Waals surface area contributed by atoms with Crippen molar-refractivity contribution in [3.63, 3.8) is 0 Å². The molecular weight excluding hydrogens is 270 g/mol. The monoisotopic (exact) mass is 289 g/mol. The lowest BCUT2D eigenvalue weighted by Crippen LogP contribution is -2.37. The molecule has 0 amide bonds. The third kappa shape index (κ3) is 2.31. The first kappa shape index (κ1) is 14.1. The van der Waals surface area contributed by atoms with Crippen LogP contribution in [0.4, 0.5) is 0 Å². The highest BCUT2D eigenvalue weighted by Gasteiger charge is 2.53. The van der Waals surface area contributed by atoms with Crippen LogP contribution in [0.5, 0.6) is 5.75 Å². The van der Waals surface area contributed by atoms with Gasteiger partial charge in [0.2, 0.25) is 0 Å². The van der Waals surface area contributed by atoms with E-state index < -0.39 is 6.04 Å². The Morgan fingerprint density at radius 1 is 1.24 bits per heavy atom. The Morgan fingerprint density at radius 3 is 2.57 bits per heavy atom. The summed E-state index contributed by atoms with van der Waals surface area (Å²) in [5.74, 6) is 0.630. The molecule has 0 unspecified atom stereocenters.